The highest BCUT2D eigenvalue weighted by Gasteiger charge is 2.13. The average Bonchev–Trinajstić information content (AvgIpc) is 3.08. The number of rotatable bonds is 5. The van der Waals surface area contributed by atoms with Crippen LogP contribution in [0.2, 0.25) is 0 Å². The van der Waals surface area contributed by atoms with Crippen molar-refractivity contribution in [2.75, 3.05) is 5.32 Å². The Morgan fingerprint density at radius 1 is 0.968 bits per heavy atom. The number of nitrogens with one attached hydrogen (secondary N) is 1. The summed E-state index contributed by atoms with van der Waals surface area (Å²) in [4.78, 5) is 12.2. The highest BCUT2D eigenvalue weighted by molar-refractivity contribution is 6.04. The lowest BCUT2D eigenvalue weighted by molar-refractivity contribution is 0.102. The highest BCUT2D eigenvalue weighted by Crippen LogP contribution is 2.22. The van der Waals surface area contributed by atoms with Gasteiger partial charge in [-0.2, -0.15) is 5.10 Å². The molecule has 9 heteroatoms. The molecular formula is C22H17F2N5O2. The second kappa shape index (κ2) is 8.31. The van der Waals surface area contributed by atoms with Crippen molar-refractivity contribution in [1.82, 2.24) is 20.0 Å². The number of halogens is 2. The summed E-state index contributed by atoms with van der Waals surface area (Å²) >= 11 is 0. The fraction of sp³-hybridized carbons (Fsp3) is 0.0909. The van der Waals surface area contributed by atoms with E-state index in [2.05, 4.69) is 20.6 Å². The van der Waals surface area contributed by atoms with Crippen molar-refractivity contribution in [3.63, 3.8) is 0 Å². The van der Waals surface area contributed by atoms with Gasteiger partial charge in [0.25, 0.3) is 5.91 Å². The maximum Gasteiger partial charge on any atom is 0.258 e. The van der Waals surface area contributed by atoms with Gasteiger partial charge in [-0.05, 0) is 62.4 Å². The number of nitrogens with zero attached hydrogens (tertiary/aromatic N) is 4. The van der Waals surface area contributed by atoms with Crippen LogP contribution in [0, 0.1) is 25.5 Å². The van der Waals surface area contributed by atoms with Crippen LogP contribution in [0.3, 0.4) is 0 Å². The Morgan fingerprint density at radius 2 is 1.74 bits per heavy atom. The fourth-order valence-electron chi connectivity index (χ4n) is 2.94. The first-order chi connectivity index (χ1) is 14.9. The van der Waals surface area contributed by atoms with Gasteiger partial charge < -0.3 is 10.1 Å². The summed E-state index contributed by atoms with van der Waals surface area (Å²) in [5.41, 5.74) is 2.00. The van der Waals surface area contributed by atoms with Crippen LogP contribution in [0.15, 0.2) is 60.7 Å². The molecule has 0 atom stereocenters. The molecule has 1 N–H and O–H groups in total. The third-order valence-electron chi connectivity index (χ3n) is 4.36. The molecule has 1 amide bonds. The number of anilines is 1. The zero-order valence-corrected chi connectivity index (χ0v) is 16.6. The second-order valence-electron chi connectivity index (χ2n) is 6.77. The van der Waals surface area contributed by atoms with E-state index in [0.717, 1.165) is 23.5 Å². The van der Waals surface area contributed by atoms with Crippen molar-refractivity contribution in [3.05, 3.63) is 89.2 Å². The molecule has 0 aliphatic rings. The summed E-state index contributed by atoms with van der Waals surface area (Å²) in [7, 11) is 0. The molecule has 4 rings (SSSR count). The number of aromatic nitrogens is 4. The van der Waals surface area contributed by atoms with E-state index in [1.54, 1.807) is 41.1 Å². The summed E-state index contributed by atoms with van der Waals surface area (Å²) in [5, 5.41) is 15.1. The van der Waals surface area contributed by atoms with E-state index < -0.39 is 17.5 Å². The largest absolute Gasteiger partial charge is 0.438 e. The van der Waals surface area contributed by atoms with Gasteiger partial charge in [-0.25, -0.2) is 13.5 Å². The normalized spacial score (nSPS) is 10.7. The first-order valence-electron chi connectivity index (χ1n) is 9.31. The molecule has 0 unspecified atom stereocenters. The smallest absolute Gasteiger partial charge is 0.258 e. The molecule has 0 saturated carbocycles. The molecule has 4 aromatic rings. The van der Waals surface area contributed by atoms with Gasteiger partial charge in [0.15, 0.2) is 5.82 Å². The third kappa shape index (κ3) is 4.55. The molecule has 0 aliphatic carbocycles. The van der Waals surface area contributed by atoms with E-state index in [-0.39, 0.29) is 11.4 Å². The molecular weight excluding hydrogens is 404 g/mol. The second-order valence-corrected chi connectivity index (χ2v) is 6.77. The Labute approximate surface area is 176 Å². The number of carbonyl (C=O) groups is 1. The van der Waals surface area contributed by atoms with Crippen LogP contribution in [0.5, 0.6) is 11.6 Å². The zero-order valence-electron chi connectivity index (χ0n) is 16.6. The molecule has 156 valence electrons. The van der Waals surface area contributed by atoms with E-state index in [9.17, 15) is 13.6 Å². The van der Waals surface area contributed by atoms with Crippen molar-refractivity contribution < 1.29 is 18.3 Å². The van der Waals surface area contributed by atoms with Crippen molar-refractivity contribution in [2.24, 2.45) is 0 Å². The van der Waals surface area contributed by atoms with Gasteiger partial charge in [-0.3, -0.25) is 4.79 Å². The van der Waals surface area contributed by atoms with Gasteiger partial charge in [0, 0.05) is 23.5 Å². The lowest BCUT2D eigenvalue weighted by Crippen LogP contribution is -2.13. The SMILES string of the molecule is Cc1cc(C)n(-c2ccc(Oc3ccc(NC(=O)c4ccc(F)cc4F)cc3)nn2)n1. The molecule has 7 nitrogen and oxygen atoms in total. The van der Waals surface area contributed by atoms with Gasteiger partial charge in [0.05, 0.1) is 11.3 Å². The number of aryl methyl sites for hydroxylation is 2. The fourth-order valence-corrected chi connectivity index (χ4v) is 2.94. The molecule has 0 bridgehead atoms. The van der Waals surface area contributed by atoms with Crippen molar-refractivity contribution in [2.45, 2.75) is 13.8 Å². The van der Waals surface area contributed by atoms with Gasteiger partial charge in [-0.15, -0.1) is 10.2 Å². The Kier molecular flexibility index (Phi) is 5.40. The predicted molar refractivity (Wildman–Crippen MR) is 109 cm³/mol. The first kappa shape index (κ1) is 20.1. The van der Waals surface area contributed by atoms with E-state index in [1.165, 1.54) is 0 Å². The summed E-state index contributed by atoms with van der Waals surface area (Å²) in [6.07, 6.45) is 0. The Balaban J connectivity index is 1.41. The van der Waals surface area contributed by atoms with E-state index in [1.807, 2.05) is 19.9 Å². The number of carbonyl (C=O) groups excluding carboxylic acids is 1. The van der Waals surface area contributed by atoms with Crippen LogP contribution < -0.4 is 10.1 Å². The van der Waals surface area contributed by atoms with E-state index >= 15 is 0 Å². The quantitative estimate of drug-likeness (QED) is 0.509. The number of ether oxygens (including phenoxy) is 1. The number of hydrogen-bond acceptors (Lipinski definition) is 5. The van der Waals surface area contributed by atoms with Crippen LogP contribution in [-0.4, -0.2) is 25.9 Å². The summed E-state index contributed by atoms with van der Waals surface area (Å²) in [5.74, 6) is -1.03. The van der Waals surface area contributed by atoms with Crippen LogP contribution in [-0.2, 0) is 0 Å². The summed E-state index contributed by atoms with van der Waals surface area (Å²) < 4.78 is 34.1. The minimum Gasteiger partial charge on any atom is -0.438 e. The highest BCUT2D eigenvalue weighted by atomic mass is 19.1. The minimum atomic E-state index is -0.931. The predicted octanol–water partition coefficient (Wildman–Crippen LogP) is 4.60. The van der Waals surface area contributed by atoms with E-state index in [0.29, 0.717) is 23.3 Å². The molecule has 2 aromatic carbocycles. The standard InChI is InChI=1S/C22H17F2N5O2/c1-13-11-14(2)29(28-13)20-9-10-21(27-26-20)31-17-6-4-16(5-7-17)25-22(30)18-8-3-15(23)12-19(18)24/h3-12H,1-2H3,(H,25,30). The van der Waals surface area contributed by atoms with Gasteiger partial charge in [0.2, 0.25) is 5.88 Å². The maximum atomic E-state index is 13.7. The van der Waals surface area contributed by atoms with E-state index in [4.69, 9.17) is 4.74 Å². The summed E-state index contributed by atoms with van der Waals surface area (Å²) in [6.45, 7) is 3.83. The lowest BCUT2D eigenvalue weighted by Gasteiger charge is -2.08. The average molecular weight is 421 g/mol. The van der Waals surface area contributed by atoms with Gasteiger partial charge >= 0.3 is 0 Å². The van der Waals surface area contributed by atoms with Crippen molar-refractivity contribution >= 4 is 11.6 Å². The van der Waals surface area contributed by atoms with Crippen molar-refractivity contribution in [3.8, 4) is 17.4 Å². The van der Waals surface area contributed by atoms with Crippen LogP contribution >= 0.6 is 0 Å². The third-order valence-corrected chi connectivity index (χ3v) is 4.36. The van der Waals surface area contributed by atoms with Crippen LogP contribution in [0.1, 0.15) is 21.7 Å². The number of amides is 1. The number of benzene rings is 2. The van der Waals surface area contributed by atoms with Crippen LogP contribution in [0.25, 0.3) is 5.82 Å². The lowest BCUT2D eigenvalue weighted by atomic mass is 10.2. The topological polar surface area (TPSA) is 81.9 Å². The molecule has 0 fully saturated rings. The Bertz CT molecular complexity index is 1240. The van der Waals surface area contributed by atoms with Crippen molar-refractivity contribution in [1.29, 1.82) is 0 Å². The minimum absolute atomic E-state index is 0.250. The summed E-state index contributed by atoms with van der Waals surface area (Å²) in [6, 6.07) is 14.5. The molecule has 0 spiro atoms. The molecule has 2 aromatic heterocycles. The van der Waals surface area contributed by atoms with Gasteiger partial charge in [-0.1, -0.05) is 0 Å². The Morgan fingerprint density at radius 3 is 2.35 bits per heavy atom. The monoisotopic (exact) mass is 421 g/mol. The molecule has 2 heterocycles. The van der Waals surface area contributed by atoms with Gasteiger partial charge in [0.1, 0.15) is 17.4 Å². The first-order valence-corrected chi connectivity index (χ1v) is 9.31. The molecule has 0 saturated heterocycles. The number of hydrogen-bond donors (Lipinski definition) is 1. The van der Waals surface area contributed by atoms with Crippen LogP contribution in [0.4, 0.5) is 14.5 Å². The maximum absolute atomic E-state index is 13.7. The molecule has 0 aliphatic heterocycles. The molecule has 0 radical (unpaired) electrons. The Hall–Kier alpha value is -4.14. The molecule has 31 heavy (non-hydrogen) atoms. The zero-order chi connectivity index (χ0) is 22.0.